The Morgan fingerprint density at radius 2 is 2.14 bits per heavy atom. The maximum absolute atomic E-state index is 12.8. The molecule has 2 aliphatic heterocycles. The Bertz CT molecular complexity index is 514. The summed E-state index contributed by atoms with van der Waals surface area (Å²) >= 11 is 0. The van der Waals surface area contributed by atoms with Crippen molar-refractivity contribution in [1.29, 1.82) is 0 Å². The minimum absolute atomic E-state index is 0.266. The van der Waals surface area contributed by atoms with Gasteiger partial charge in [0.25, 0.3) is 0 Å². The van der Waals surface area contributed by atoms with Crippen molar-refractivity contribution in [2.24, 2.45) is 0 Å². The van der Waals surface area contributed by atoms with Crippen molar-refractivity contribution in [2.45, 2.75) is 45.2 Å². The first-order valence-corrected chi connectivity index (χ1v) is 8.26. The summed E-state index contributed by atoms with van der Waals surface area (Å²) in [6.45, 7) is 9.08. The van der Waals surface area contributed by atoms with E-state index in [2.05, 4.69) is 22.3 Å². The highest BCUT2D eigenvalue weighted by molar-refractivity contribution is 5.86. The zero-order valence-electron chi connectivity index (χ0n) is 13.6. The molecule has 3 heterocycles. The summed E-state index contributed by atoms with van der Waals surface area (Å²) in [5.74, 6) is 1.17. The summed E-state index contributed by atoms with van der Waals surface area (Å²) < 4.78 is 5.27. The van der Waals surface area contributed by atoms with Crippen LogP contribution in [0.1, 0.15) is 37.6 Å². The van der Waals surface area contributed by atoms with Crippen molar-refractivity contribution < 1.29 is 9.32 Å². The van der Waals surface area contributed by atoms with Gasteiger partial charge in [0.15, 0.2) is 5.76 Å². The zero-order valence-corrected chi connectivity index (χ0v) is 13.6. The minimum Gasteiger partial charge on any atom is -0.360 e. The molecule has 1 unspecified atom stereocenters. The van der Waals surface area contributed by atoms with Crippen LogP contribution >= 0.6 is 0 Å². The largest absolute Gasteiger partial charge is 0.360 e. The Kier molecular flexibility index (Phi) is 4.49. The number of carbonyl (C=O) groups excluding carboxylic acids is 1. The number of carbonyl (C=O) groups is 1. The van der Waals surface area contributed by atoms with Gasteiger partial charge < -0.3 is 14.7 Å². The van der Waals surface area contributed by atoms with Gasteiger partial charge in [-0.2, -0.15) is 0 Å². The lowest BCUT2D eigenvalue weighted by Crippen LogP contribution is -2.61. The Balaban J connectivity index is 1.51. The quantitative estimate of drug-likeness (QED) is 0.908. The molecule has 6 heteroatoms. The van der Waals surface area contributed by atoms with Crippen LogP contribution in [0, 0.1) is 6.92 Å². The van der Waals surface area contributed by atoms with Gasteiger partial charge in [0, 0.05) is 32.2 Å². The zero-order chi connectivity index (χ0) is 15.6. The van der Waals surface area contributed by atoms with E-state index in [-0.39, 0.29) is 11.4 Å². The summed E-state index contributed by atoms with van der Waals surface area (Å²) in [5, 5.41) is 7.34. The molecule has 122 valence electrons. The second kappa shape index (κ2) is 6.38. The average Bonchev–Trinajstić information content (AvgIpc) is 2.93. The van der Waals surface area contributed by atoms with Crippen LogP contribution in [0.15, 0.2) is 10.6 Å². The van der Waals surface area contributed by atoms with E-state index in [9.17, 15) is 4.79 Å². The number of hydrogen-bond donors (Lipinski definition) is 1. The molecule has 0 spiro atoms. The normalized spacial score (nSPS) is 27.1. The second-order valence-electron chi connectivity index (χ2n) is 6.72. The van der Waals surface area contributed by atoms with Crippen molar-refractivity contribution in [1.82, 2.24) is 20.3 Å². The third kappa shape index (κ3) is 3.33. The molecule has 1 aromatic heterocycles. The van der Waals surface area contributed by atoms with E-state index in [1.54, 1.807) is 0 Å². The Morgan fingerprint density at radius 1 is 1.36 bits per heavy atom. The van der Waals surface area contributed by atoms with Gasteiger partial charge in [-0.25, -0.2) is 0 Å². The highest BCUT2D eigenvalue weighted by Gasteiger charge is 2.38. The van der Waals surface area contributed by atoms with E-state index >= 15 is 0 Å². The van der Waals surface area contributed by atoms with Gasteiger partial charge >= 0.3 is 0 Å². The fraction of sp³-hybridized carbons (Fsp3) is 0.750. The Hall–Kier alpha value is -1.40. The maximum atomic E-state index is 12.8. The molecule has 1 N–H and O–H groups in total. The van der Waals surface area contributed by atoms with E-state index in [0.29, 0.717) is 0 Å². The molecular weight excluding hydrogens is 280 g/mol. The van der Waals surface area contributed by atoms with E-state index in [4.69, 9.17) is 4.52 Å². The van der Waals surface area contributed by atoms with Gasteiger partial charge in [-0.1, -0.05) is 5.16 Å². The molecule has 0 radical (unpaired) electrons. The van der Waals surface area contributed by atoms with Gasteiger partial charge in [0.05, 0.1) is 17.8 Å². The van der Waals surface area contributed by atoms with Crippen molar-refractivity contribution in [2.75, 3.05) is 32.7 Å². The molecule has 2 fully saturated rings. The molecule has 1 aromatic rings. The number of aromatic nitrogens is 1. The van der Waals surface area contributed by atoms with Crippen LogP contribution in [0.2, 0.25) is 0 Å². The van der Waals surface area contributed by atoms with E-state index < -0.39 is 0 Å². The summed E-state index contributed by atoms with van der Waals surface area (Å²) in [4.78, 5) is 17.1. The first-order chi connectivity index (χ1) is 10.6. The molecule has 22 heavy (non-hydrogen) atoms. The number of amides is 1. The van der Waals surface area contributed by atoms with Crippen LogP contribution in [-0.2, 0) is 11.3 Å². The first-order valence-electron chi connectivity index (χ1n) is 8.26. The van der Waals surface area contributed by atoms with Gasteiger partial charge in [0.1, 0.15) is 0 Å². The summed E-state index contributed by atoms with van der Waals surface area (Å²) in [7, 11) is 0. The second-order valence-corrected chi connectivity index (χ2v) is 6.72. The molecule has 0 saturated carbocycles. The standard InChI is InChI=1S/C16H26N4O2/c1-13-11-14(22-18-13)12-19-7-9-20(10-8-19)15(21)16(2)5-3-4-6-17-16/h11,17H,3-10,12H2,1-2H3. The number of aryl methyl sites for hydroxylation is 1. The molecule has 2 saturated heterocycles. The third-order valence-electron chi connectivity index (χ3n) is 4.81. The third-order valence-corrected chi connectivity index (χ3v) is 4.81. The lowest BCUT2D eigenvalue weighted by molar-refractivity contribution is -0.140. The van der Waals surface area contributed by atoms with Crippen molar-refractivity contribution >= 4 is 5.91 Å². The molecule has 1 atom stereocenters. The van der Waals surface area contributed by atoms with Gasteiger partial charge in [-0.05, 0) is 39.7 Å². The molecular formula is C16H26N4O2. The lowest BCUT2D eigenvalue weighted by atomic mass is 9.89. The van der Waals surface area contributed by atoms with Gasteiger partial charge in [0.2, 0.25) is 5.91 Å². The maximum Gasteiger partial charge on any atom is 0.242 e. The summed E-state index contributed by atoms with van der Waals surface area (Å²) in [6, 6.07) is 1.98. The van der Waals surface area contributed by atoms with E-state index in [1.165, 1.54) is 6.42 Å². The fourth-order valence-electron chi connectivity index (χ4n) is 3.41. The molecule has 2 aliphatic rings. The number of rotatable bonds is 3. The van der Waals surface area contributed by atoms with Crippen LogP contribution in [0.3, 0.4) is 0 Å². The van der Waals surface area contributed by atoms with E-state index in [1.807, 2.05) is 17.9 Å². The summed E-state index contributed by atoms with van der Waals surface area (Å²) in [5.41, 5.74) is 0.558. The van der Waals surface area contributed by atoms with Crippen LogP contribution in [-0.4, -0.2) is 59.1 Å². The smallest absolute Gasteiger partial charge is 0.242 e. The van der Waals surface area contributed by atoms with Crippen LogP contribution in [0.4, 0.5) is 0 Å². The topological polar surface area (TPSA) is 61.6 Å². The fourth-order valence-corrected chi connectivity index (χ4v) is 3.41. The van der Waals surface area contributed by atoms with Crippen molar-refractivity contribution in [3.05, 3.63) is 17.5 Å². The highest BCUT2D eigenvalue weighted by atomic mass is 16.5. The molecule has 0 aliphatic carbocycles. The van der Waals surface area contributed by atoms with Gasteiger partial charge in [-0.3, -0.25) is 9.69 Å². The number of piperidine rings is 1. The number of nitrogens with zero attached hydrogens (tertiary/aromatic N) is 3. The molecule has 3 rings (SSSR count). The number of piperazine rings is 1. The van der Waals surface area contributed by atoms with Crippen LogP contribution < -0.4 is 5.32 Å². The highest BCUT2D eigenvalue weighted by Crippen LogP contribution is 2.22. The minimum atomic E-state index is -0.359. The first kappa shape index (κ1) is 15.5. The predicted molar refractivity (Wildman–Crippen MR) is 83.4 cm³/mol. The predicted octanol–water partition coefficient (Wildman–Crippen LogP) is 1.16. The summed E-state index contributed by atoms with van der Waals surface area (Å²) in [6.07, 6.45) is 3.26. The van der Waals surface area contributed by atoms with Gasteiger partial charge in [-0.15, -0.1) is 0 Å². The lowest BCUT2D eigenvalue weighted by Gasteiger charge is -2.41. The molecule has 1 amide bonds. The molecule has 0 aromatic carbocycles. The Morgan fingerprint density at radius 3 is 2.73 bits per heavy atom. The average molecular weight is 306 g/mol. The van der Waals surface area contributed by atoms with Crippen molar-refractivity contribution in [3.63, 3.8) is 0 Å². The van der Waals surface area contributed by atoms with E-state index in [0.717, 1.165) is 63.6 Å². The van der Waals surface area contributed by atoms with Crippen molar-refractivity contribution in [3.8, 4) is 0 Å². The molecule has 0 bridgehead atoms. The van der Waals surface area contributed by atoms with Crippen LogP contribution in [0.25, 0.3) is 0 Å². The number of nitrogens with one attached hydrogen (secondary N) is 1. The molecule has 6 nitrogen and oxygen atoms in total. The monoisotopic (exact) mass is 306 g/mol. The SMILES string of the molecule is Cc1cc(CN2CCN(C(=O)C3(C)CCCCN3)CC2)on1. The Labute approximate surface area is 131 Å². The number of hydrogen-bond acceptors (Lipinski definition) is 5. The van der Waals surface area contributed by atoms with Crippen LogP contribution in [0.5, 0.6) is 0 Å².